The number of halogens is 3. The number of hydrogen-bond donors (Lipinski definition) is 0. The Morgan fingerprint density at radius 3 is 1.28 bits per heavy atom. The molecule has 3 aromatic rings. The summed E-state index contributed by atoms with van der Waals surface area (Å²) in [5.41, 5.74) is 5.06. The van der Waals surface area contributed by atoms with Gasteiger partial charge in [-0.1, -0.05) is 111 Å². The third-order valence-corrected chi connectivity index (χ3v) is 7.57. The zero-order valence-electron chi connectivity index (χ0n) is 18.6. The summed E-state index contributed by atoms with van der Waals surface area (Å²) < 4.78 is 0. The van der Waals surface area contributed by atoms with Crippen molar-refractivity contribution in [2.45, 2.75) is 31.5 Å². The van der Waals surface area contributed by atoms with E-state index >= 15 is 0 Å². The van der Waals surface area contributed by atoms with Crippen molar-refractivity contribution in [2.75, 3.05) is 0 Å². The first-order chi connectivity index (χ1) is 13.5. The fourth-order valence-corrected chi connectivity index (χ4v) is 6.22. The maximum absolute atomic E-state index is 3.75. The van der Waals surface area contributed by atoms with E-state index in [0.29, 0.717) is 0 Å². The Bertz CT molecular complexity index is 914. The fraction of sp³-hybridized carbons (Fsp3) is 0.185. The number of hydrogen-bond acceptors (Lipinski definition) is 0. The van der Waals surface area contributed by atoms with Crippen LogP contribution in [0.2, 0.25) is 19.6 Å². The molecular weight excluding hydrogens is 507 g/mol. The Kier molecular flexibility index (Phi) is 12.6. The molecule has 1 aliphatic carbocycles. The van der Waals surface area contributed by atoms with Crippen molar-refractivity contribution in [3.05, 3.63) is 131 Å². The predicted molar refractivity (Wildman–Crippen MR) is 122 cm³/mol. The summed E-state index contributed by atoms with van der Waals surface area (Å²) in [6.45, 7) is 7.29. The molecule has 0 spiro atoms. The Balaban J connectivity index is 0.00000240. The van der Waals surface area contributed by atoms with Crippen molar-refractivity contribution in [1.82, 2.24) is 0 Å². The first-order valence-electron chi connectivity index (χ1n) is 10.0. The van der Waals surface area contributed by atoms with Gasteiger partial charge in [0.25, 0.3) is 0 Å². The molecule has 5 heteroatoms. The summed E-state index contributed by atoms with van der Waals surface area (Å²) in [6.07, 6.45) is 7.07. The quantitative estimate of drug-likeness (QED) is 0.202. The van der Waals surface area contributed by atoms with E-state index in [9.17, 15) is 0 Å². The van der Waals surface area contributed by atoms with Crippen LogP contribution in [0.3, 0.4) is 0 Å². The van der Waals surface area contributed by atoms with Gasteiger partial charge in [-0.25, -0.2) is 5.20 Å². The van der Waals surface area contributed by atoms with Crippen molar-refractivity contribution < 1.29 is 58.9 Å². The second-order valence-electron chi connectivity index (χ2n) is 8.47. The standard InChI is InChI=1S/C27H27Si.3ClH.Ti/c1-28(2,3)26-21-13-20-25(26)27(22-14-7-4-8-15-22,23-16-9-5-10-17-23)24-18-11-6-12-19-24;;;;/h4-12,14-20H,13H2,1-3H3;3*1H;/q-1;;;;+4/p-3. The molecule has 0 aliphatic heterocycles. The van der Waals surface area contributed by atoms with Crippen molar-refractivity contribution in [2.24, 2.45) is 0 Å². The zero-order chi connectivity index (χ0) is 19.6. The van der Waals surface area contributed by atoms with Gasteiger partial charge in [0, 0.05) is 13.5 Å². The van der Waals surface area contributed by atoms with E-state index in [0.717, 1.165) is 6.42 Å². The number of rotatable bonds is 5. The molecule has 0 saturated heterocycles. The van der Waals surface area contributed by atoms with Crippen LogP contribution in [0.25, 0.3) is 0 Å². The molecule has 4 rings (SSSR count). The summed E-state index contributed by atoms with van der Waals surface area (Å²) in [7, 11) is -1.56. The first kappa shape index (κ1) is 30.9. The summed E-state index contributed by atoms with van der Waals surface area (Å²) >= 11 is 0. The molecule has 0 radical (unpaired) electrons. The second-order valence-corrected chi connectivity index (χ2v) is 13.5. The predicted octanol–water partition coefficient (Wildman–Crippen LogP) is -2.03. The Morgan fingerprint density at radius 2 is 0.969 bits per heavy atom. The molecule has 0 saturated carbocycles. The molecular formula is C27H27Cl3SiTi. The minimum atomic E-state index is -1.56. The SMILES string of the molecule is C[Si](C)(C)C1=[C-]CC=C1C(c1ccccc1)(c1ccccc1)c1ccccc1.[Cl-].[Cl-].[Cl-].[Ti+4]. The third-order valence-electron chi connectivity index (χ3n) is 5.63. The van der Waals surface area contributed by atoms with Crippen molar-refractivity contribution in [3.8, 4) is 0 Å². The van der Waals surface area contributed by atoms with Gasteiger partial charge in [-0.15, -0.1) is 6.42 Å². The maximum Gasteiger partial charge on any atom is 4.00 e. The smallest absolute Gasteiger partial charge is 1.00 e. The summed E-state index contributed by atoms with van der Waals surface area (Å²) in [5, 5.41) is 1.46. The molecule has 164 valence electrons. The maximum atomic E-state index is 3.75. The van der Waals surface area contributed by atoms with Crippen LogP contribution in [0.15, 0.2) is 108 Å². The first-order valence-corrected chi connectivity index (χ1v) is 13.5. The summed E-state index contributed by atoms with van der Waals surface area (Å²) in [6, 6.07) is 32.9. The second kappa shape index (κ2) is 13.0. The Hall–Kier alpha value is -1.06. The van der Waals surface area contributed by atoms with E-state index in [1.807, 2.05) is 0 Å². The average Bonchev–Trinajstić information content (AvgIpc) is 3.22. The van der Waals surface area contributed by atoms with Crippen LogP contribution in [0.1, 0.15) is 23.1 Å². The van der Waals surface area contributed by atoms with Gasteiger partial charge in [-0.3, -0.25) is 6.08 Å². The summed E-state index contributed by atoms with van der Waals surface area (Å²) in [5.74, 6) is 0. The van der Waals surface area contributed by atoms with Gasteiger partial charge in [0.1, 0.15) is 0 Å². The zero-order valence-corrected chi connectivity index (χ0v) is 23.4. The van der Waals surface area contributed by atoms with E-state index < -0.39 is 8.07 Å². The molecule has 0 fully saturated rings. The van der Waals surface area contributed by atoms with Crippen molar-refractivity contribution >= 4 is 8.07 Å². The van der Waals surface area contributed by atoms with Gasteiger partial charge in [0.05, 0.1) is 0 Å². The molecule has 0 heterocycles. The Morgan fingerprint density at radius 1 is 0.625 bits per heavy atom. The van der Waals surface area contributed by atoms with Crippen molar-refractivity contribution in [1.29, 1.82) is 0 Å². The van der Waals surface area contributed by atoms with Gasteiger partial charge in [-0.2, -0.15) is 11.6 Å². The fourth-order valence-electron chi connectivity index (χ4n) is 4.49. The van der Waals surface area contributed by atoms with E-state index in [-0.39, 0.29) is 64.4 Å². The monoisotopic (exact) mass is 532 g/mol. The molecule has 1 aliphatic rings. The van der Waals surface area contributed by atoms with Gasteiger partial charge >= 0.3 is 21.7 Å². The minimum absolute atomic E-state index is 0. The molecule has 0 atom stereocenters. The topological polar surface area (TPSA) is 0 Å². The molecule has 0 N–H and O–H groups in total. The largest absolute Gasteiger partial charge is 4.00 e. The molecule has 0 unspecified atom stereocenters. The van der Waals surface area contributed by atoms with E-state index in [1.54, 1.807) is 0 Å². The third kappa shape index (κ3) is 5.70. The van der Waals surface area contributed by atoms with Crippen molar-refractivity contribution in [3.63, 3.8) is 0 Å². The molecule has 3 aromatic carbocycles. The van der Waals surface area contributed by atoms with Crippen LogP contribution in [0.4, 0.5) is 0 Å². The van der Waals surface area contributed by atoms with E-state index in [4.69, 9.17) is 0 Å². The molecule has 0 nitrogen and oxygen atoms in total. The van der Waals surface area contributed by atoms with Gasteiger partial charge < -0.3 is 37.2 Å². The van der Waals surface area contributed by atoms with Crippen LogP contribution in [0.5, 0.6) is 0 Å². The Labute approximate surface area is 227 Å². The normalized spacial score (nSPS) is 12.7. The van der Waals surface area contributed by atoms with Crippen LogP contribution >= 0.6 is 0 Å². The van der Waals surface area contributed by atoms with Gasteiger partial charge in [0.2, 0.25) is 0 Å². The van der Waals surface area contributed by atoms with Crippen LogP contribution in [-0.2, 0) is 27.1 Å². The van der Waals surface area contributed by atoms with Gasteiger partial charge in [0.15, 0.2) is 0 Å². The number of benzene rings is 3. The molecule has 32 heavy (non-hydrogen) atoms. The minimum Gasteiger partial charge on any atom is -1.00 e. The number of allylic oxidation sites excluding steroid dienone is 4. The molecule has 0 amide bonds. The molecule has 0 bridgehead atoms. The van der Waals surface area contributed by atoms with E-state index in [2.05, 4.69) is 123 Å². The van der Waals surface area contributed by atoms with Gasteiger partial charge in [-0.05, 0) is 16.7 Å². The van der Waals surface area contributed by atoms with E-state index in [1.165, 1.54) is 27.5 Å². The summed E-state index contributed by atoms with van der Waals surface area (Å²) in [4.78, 5) is 0. The van der Waals surface area contributed by atoms with Crippen LogP contribution < -0.4 is 37.2 Å². The van der Waals surface area contributed by atoms with Crippen LogP contribution in [-0.4, -0.2) is 8.07 Å². The van der Waals surface area contributed by atoms with Crippen LogP contribution in [0, 0.1) is 6.08 Å². The average molecular weight is 534 g/mol. The molecule has 0 aromatic heterocycles.